The molecule has 0 N–H and O–H groups in total. The second-order valence-electron chi connectivity index (χ2n) is 7.66. The van der Waals surface area contributed by atoms with E-state index in [0.29, 0.717) is 18.1 Å². The Bertz CT molecular complexity index is 628. The first-order valence-electron chi connectivity index (χ1n) is 7.77. The van der Waals surface area contributed by atoms with E-state index in [1.54, 1.807) is 18.9 Å². The van der Waals surface area contributed by atoms with Crippen LogP contribution in [0.25, 0.3) is 0 Å². The van der Waals surface area contributed by atoms with Crippen LogP contribution >= 0.6 is 0 Å². The standard InChI is InChI=1S/C15H25BN4O3/c1-10-17-11(23-18-10)14(4,5)20-12(21)15(6,8-13(20,2)3)19(7)9-16-22/h8-9H2,1-7H3. The molecule has 1 atom stereocenters. The van der Waals surface area contributed by atoms with Crippen LogP contribution in [0.2, 0.25) is 0 Å². The van der Waals surface area contributed by atoms with E-state index in [-0.39, 0.29) is 12.4 Å². The van der Waals surface area contributed by atoms with Gasteiger partial charge in [0.1, 0.15) is 0 Å². The van der Waals surface area contributed by atoms with Gasteiger partial charge in [0.2, 0.25) is 0 Å². The molecule has 0 radical (unpaired) electrons. The summed E-state index contributed by atoms with van der Waals surface area (Å²) in [5.74, 6) is 0.921. The molecule has 1 aromatic rings. The maximum absolute atomic E-state index is 13.3. The molecule has 0 aliphatic carbocycles. The van der Waals surface area contributed by atoms with Gasteiger partial charge in [0.15, 0.2) is 0 Å². The van der Waals surface area contributed by atoms with Gasteiger partial charge in [0.25, 0.3) is 0 Å². The first-order valence-corrected chi connectivity index (χ1v) is 7.77. The van der Waals surface area contributed by atoms with Crippen LogP contribution in [-0.4, -0.2) is 57.6 Å². The summed E-state index contributed by atoms with van der Waals surface area (Å²) in [5.41, 5.74) is -1.88. The van der Waals surface area contributed by atoms with E-state index in [1.807, 2.05) is 39.5 Å². The molecule has 2 rings (SSSR count). The molecule has 23 heavy (non-hydrogen) atoms. The minimum atomic E-state index is -0.739. The van der Waals surface area contributed by atoms with Crippen LogP contribution in [0.4, 0.5) is 0 Å². The second kappa shape index (κ2) is 5.51. The number of carbonyl (C=O) groups excluding carboxylic acids is 1. The summed E-state index contributed by atoms with van der Waals surface area (Å²) in [5, 5.41) is 3.85. The monoisotopic (exact) mass is 320 g/mol. The number of rotatable bonds is 5. The van der Waals surface area contributed by atoms with Crippen molar-refractivity contribution in [2.75, 3.05) is 13.5 Å². The van der Waals surface area contributed by atoms with E-state index >= 15 is 0 Å². The van der Waals surface area contributed by atoms with Crippen molar-refractivity contribution in [1.82, 2.24) is 19.9 Å². The van der Waals surface area contributed by atoms with E-state index in [1.165, 1.54) is 0 Å². The Labute approximate surface area is 137 Å². The van der Waals surface area contributed by atoms with Crippen LogP contribution in [0.1, 0.15) is 52.8 Å². The fraction of sp³-hybridized carbons (Fsp3) is 0.800. The summed E-state index contributed by atoms with van der Waals surface area (Å²) in [6.45, 7) is 11.5. The van der Waals surface area contributed by atoms with E-state index < -0.39 is 16.6 Å². The number of aryl methyl sites for hydroxylation is 1. The van der Waals surface area contributed by atoms with Gasteiger partial charge in [-0.2, -0.15) is 0 Å². The average Bonchev–Trinajstić information content (AvgIpc) is 2.91. The molecule has 0 spiro atoms. The van der Waals surface area contributed by atoms with Crippen molar-refractivity contribution in [3.8, 4) is 0 Å². The summed E-state index contributed by atoms with van der Waals surface area (Å²) in [7, 11) is 2.62. The molecule has 2 heterocycles. The normalized spacial score (nSPS) is 24.3. The van der Waals surface area contributed by atoms with E-state index in [0.717, 1.165) is 7.15 Å². The summed E-state index contributed by atoms with van der Waals surface area (Å²) in [6.07, 6.45) is 0.825. The van der Waals surface area contributed by atoms with Gasteiger partial charge in [-0.05, 0) is 0 Å². The Hall–Kier alpha value is -1.57. The zero-order valence-electron chi connectivity index (χ0n) is 15.0. The van der Waals surface area contributed by atoms with E-state index in [9.17, 15) is 9.50 Å². The Morgan fingerprint density at radius 3 is 2.48 bits per heavy atom. The molecule has 126 valence electrons. The van der Waals surface area contributed by atoms with Crippen LogP contribution in [0, 0.1) is 6.92 Å². The predicted molar refractivity (Wildman–Crippen MR) is 85.1 cm³/mol. The van der Waals surface area contributed by atoms with Crippen molar-refractivity contribution >= 4 is 13.1 Å². The average molecular weight is 320 g/mol. The van der Waals surface area contributed by atoms with E-state index in [2.05, 4.69) is 10.1 Å². The van der Waals surface area contributed by atoms with Crippen molar-refractivity contribution < 1.29 is 14.0 Å². The van der Waals surface area contributed by atoms with Crippen molar-refractivity contribution in [3.63, 3.8) is 0 Å². The maximum atomic E-state index is 13.3. The number of likely N-dealkylation sites (tertiary alicyclic amines) is 1. The van der Waals surface area contributed by atoms with Crippen LogP contribution < -0.4 is 0 Å². The van der Waals surface area contributed by atoms with Gasteiger partial charge in [-0.3, -0.25) is 0 Å². The summed E-state index contributed by atoms with van der Waals surface area (Å²) in [6, 6.07) is 0. The number of hydrogen-bond donors (Lipinski definition) is 0. The van der Waals surface area contributed by atoms with Gasteiger partial charge in [0, 0.05) is 0 Å². The molecule has 1 aromatic heterocycles. The molecule has 1 amide bonds. The molecule has 1 unspecified atom stereocenters. The Balaban J connectivity index is 2.46. The molecule has 7 nitrogen and oxygen atoms in total. The molecular formula is C15H25BN4O3. The zero-order valence-corrected chi connectivity index (χ0v) is 15.0. The quantitative estimate of drug-likeness (QED) is 0.761. The third-order valence-electron chi connectivity index (χ3n) is 4.85. The summed E-state index contributed by atoms with van der Waals surface area (Å²) >= 11 is 0. The number of amides is 1. The fourth-order valence-corrected chi connectivity index (χ4v) is 3.78. The third kappa shape index (κ3) is 2.73. The van der Waals surface area contributed by atoms with Crippen LogP contribution in [0.3, 0.4) is 0 Å². The summed E-state index contributed by atoms with van der Waals surface area (Å²) in [4.78, 5) is 21.2. The molecule has 1 saturated heterocycles. The number of aromatic nitrogens is 2. The minimum absolute atomic E-state index is 0.0345. The van der Waals surface area contributed by atoms with Crippen molar-refractivity contribution in [3.05, 3.63) is 11.7 Å². The first-order chi connectivity index (χ1) is 10.5. The van der Waals surface area contributed by atoms with Crippen LogP contribution in [0.5, 0.6) is 0 Å². The van der Waals surface area contributed by atoms with Gasteiger partial charge < -0.3 is 0 Å². The Morgan fingerprint density at radius 2 is 2.00 bits per heavy atom. The van der Waals surface area contributed by atoms with Gasteiger partial charge in [-0.1, -0.05) is 0 Å². The van der Waals surface area contributed by atoms with E-state index in [4.69, 9.17) is 4.52 Å². The van der Waals surface area contributed by atoms with Gasteiger partial charge in [-0.15, -0.1) is 0 Å². The second-order valence-corrected chi connectivity index (χ2v) is 7.66. The van der Waals surface area contributed by atoms with Crippen molar-refractivity contribution in [2.24, 2.45) is 0 Å². The molecule has 0 aromatic carbocycles. The van der Waals surface area contributed by atoms with Gasteiger partial charge in [-0.25, -0.2) is 0 Å². The van der Waals surface area contributed by atoms with Crippen molar-refractivity contribution in [2.45, 2.75) is 64.6 Å². The predicted octanol–water partition coefficient (Wildman–Crippen LogP) is 1.32. The Kier molecular flexibility index (Phi) is 4.26. The molecule has 0 saturated carbocycles. The van der Waals surface area contributed by atoms with Crippen LogP contribution in [-0.2, 0) is 15.0 Å². The third-order valence-corrected chi connectivity index (χ3v) is 4.85. The number of hydrogen-bond acceptors (Lipinski definition) is 6. The topological polar surface area (TPSA) is 79.5 Å². The van der Waals surface area contributed by atoms with Crippen LogP contribution in [0.15, 0.2) is 4.52 Å². The number of nitrogens with zero attached hydrogens (tertiary/aromatic N) is 4. The molecular weight excluding hydrogens is 295 g/mol. The summed E-state index contributed by atoms with van der Waals surface area (Å²) < 4.78 is 16.2. The first kappa shape index (κ1) is 17.8. The number of carbonyl (C=O) groups is 1. The molecule has 8 heteroatoms. The molecule has 1 aliphatic heterocycles. The number of likely N-dealkylation sites (N-methyl/N-ethyl adjacent to an activating group) is 1. The van der Waals surface area contributed by atoms with Gasteiger partial charge >= 0.3 is 137 Å². The SMILES string of the molecule is Cc1noc(C(C)(C)N2C(=O)C(C)(N(C)CB=O)CC2(C)C)n1. The van der Waals surface area contributed by atoms with Gasteiger partial charge in [0.05, 0.1) is 0 Å². The molecule has 0 bridgehead atoms. The zero-order chi connectivity index (χ0) is 17.6. The molecule has 1 aliphatic rings. The molecule has 1 fully saturated rings. The fourth-order valence-electron chi connectivity index (χ4n) is 3.78. The van der Waals surface area contributed by atoms with Crippen molar-refractivity contribution in [1.29, 1.82) is 0 Å². The Morgan fingerprint density at radius 1 is 1.39 bits per heavy atom.